The zero-order valence-corrected chi connectivity index (χ0v) is 16.4. The van der Waals surface area contributed by atoms with E-state index in [1.807, 2.05) is 0 Å². The van der Waals surface area contributed by atoms with E-state index in [0.717, 1.165) is 11.0 Å². The van der Waals surface area contributed by atoms with E-state index in [4.69, 9.17) is 16.3 Å². The highest BCUT2D eigenvalue weighted by atomic mass is 35.5. The van der Waals surface area contributed by atoms with Crippen molar-refractivity contribution in [2.75, 3.05) is 24.7 Å². The van der Waals surface area contributed by atoms with Crippen molar-refractivity contribution in [1.29, 1.82) is 0 Å². The van der Waals surface area contributed by atoms with Gasteiger partial charge in [0.25, 0.3) is 12.3 Å². The van der Waals surface area contributed by atoms with Crippen LogP contribution < -0.4 is 4.90 Å². The first kappa shape index (κ1) is 20.6. The fourth-order valence-electron chi connectivity index (χ4n) is 3.58. The van der Waals surface area contributed by atoms with E-state index in [2.05, 4.69) is 4.98 Å². The van der Waals surface area contributed by atoms with Crippen molar-refractivity contribution in [2.24, 2.45) is 5.92 Å². The van der Waals surface area contributed by atoms with Crippen LogP contribution in [0.15, 0.2) is 36.5 Å². The molecule has 0 spiro atoms. The minimum Gasteiger partial charge on any atom is -0.380 e. The maximum absolute atomic E-state index is 14.4. The van der Waals surface area contributed by atoms with Gasteiger partial charge in [-0.2, -0.15) is 0 Å². The van der Waals surface area contributed by atoms with Crippen molar-refractivity contribution < 1.29 is 27.5 Å². The fraction of sp³-hybridized carbons (Fsp3) is 0.350. The molecule has 4 rings (SSSR count). The standard InChI is InChI=1S/C20H17ClF3N3O3/c21-14-5-15(22)19(25-6-14)27-8-16(28)26(17(20(27)29)13-9-30-10-13)7-11-1-3-12(4-2-11)18(23)24/h1-6,13,17-18H,7-10H2/t17-/m0/s1. The topological polar surface area (TPSA) is 62.7 Å². The molecule has 0 unspecified atom stereocenters. The molecule has 2 saturated heterocycles. The van der Waals surface area contributed by atoms with Gasteiger partial charge in [0.15, 0.2) is 11.6 Å². The number of carbonyl (C=O) groups excluding carboxylic acids is 2. The molecular weight excluding hydrogens is 423 g/mol. The summed E-state index contributed by atoms with van der Waals surface area (Å²) in [7, 11) is 0. The number of halogens is 4. The van der Waals surface area contributed by atoms with Crippen LogP contribution in [0.3, 0.4) is 0 Å². The quantitative estimate of drug-likeness (QED) is 0.717. The molecule has 2 aliphatic rings. The number of hydrogen-bond donors (Lipinski definition) is 0. The first-order valence-electron chi connectivity index (χ1n) is 9.21. The fourth-order valence-corrected chi connectivity index (χ4v) is 3.73. The van der Waals surface area contributed by atoms with E-state index in [1.165, 1.54) is 35.4 Å². The number of rotatable bonds is 5. The van der Waals surface area contributed by atoms with Gasteiger partial charge in [0, 0.05) is 24.2 Å². The van der Waals surface area contributed by atoms with Gasteiger partial charge in [0.05, 0.1) is 18.2 Å². The monoisotopic (exact) mass is 439 g/mol. The van der Waals surface area contributed by atoms with Gasteiger partial charge >= 0.3 is 0 Å². The number of aromatic nitrogens is 1. The van der Waals surface area contributed by atoms with Crippen LogP contribution in [0.5, 0.6) is 0 Å². The van der Waals surface area contributed by atoms with Crippen molar-refractivity contribution in [3.63, 3.8) is 0 Å². The van der Waals surface area contributed by atoms with Gasteiger partial charge in [0.2, 0.25) is 5.91 Å². The second-order valence-electron chi connectivity index (χ2n) is 7.19. The van der Waals surface area contributed by atoms with Crippen molar-refractivity contribution >= 4 is 29.2 Å². The largest absolute Gasteiger partial charge is 0.380 e. The SMILES string of the molecule is O=C1[C@H](C2COC2)N(Cc2ccc(C(F)F)cc2)C(=O)CN1c1ncc(Cl)cc1F. The molecule has 0 N–H and O–H groups in total. The number of hydrogen-bond acceptors (Lipinski definition) is 4. The minimum atomic E-state index is -2.59. The van der Waals surface area contributed by atoms with Gasteiger partial charge in [0.1, 0.15) is 12.6 Å². The van der Waals surface area contributed by atoms with Crippen LogP contribution >= 0.6 is 11.6 Å². The van der Waals surface area contributed by atoms with Crippen LogP contribution in [0.2, 0.25) is 5.02 Å². The van der Waals surface area contributed by atoms with Gasteiger partial charge < -0.3 is 9.64 Å². The van der Waals surface area contributed by atoms with Crippen molar-refractivity contribution in [2.45, 2.75) is 19.0 Å². The Balaban J connectivity index is 1.62. The van der Waals surface area contributed by atoms with E-state index < -0.39 is 30.1 Å². The summed E-state index contributed by atoms with van der Waals surface area (Å²) in [5, 5.41) is 0.0739. The molecule has 10 heteroatoms. The second-order valence-corrected chi connectivity index (χ2v) is 7.63. The summed E-state index contributed by atoms with van der Waals surface area (Å²) in [5.41, 5.74) is 0.481. The molecular formula is C20H17ClF3N3O3. The molecule has 158 valence electrons. The average molecular weight is 440 g/mol. The van der Waals surface area contributed by atoms with Crippen LogP contribution in [-0.2, 0) is 20.9 Å². The second kappa shape index (κ2) is 8.23. The maximum Gasteiger partial charge on any atom is 0.263 e. The molecule has 0 bridgehead atoms. The maximum atomic E-state index is 14.4. The first-order valence-corrected chi connectivity index (χ1v) is 9.59. The average Bonchev–Trinajstić information content (AvgIpc) is 2.66. The molecule has 2 aromatic rings. The van der Waals surface area contributed by atoms with Crippen molar-refractivity contribution in [3.05, 3.63) is 58.5 Å². The van der Waals surface area contributed by atoms with Gasteiger partial charge in [-0.1, -0.05) is 35.9 Å². The number of amides is 2. The molecule has 0 aliphatic carbocycles. The zero-order chi connectivity index (χ0) is 21.4. The lowest BCUT2D eigenvalue weighted by atomic mass is 9.92. The molecule has 1 aromatic carbocycles. The molecule has 3 heterocycles. The Kier molecular flexibility index (Phi) is 5.66. The Hall–Kier alpha value is -2.65. The molecule has 1 aromatic heterocycles. The number of anilines is 1. The highest BCUT2D eigenvalue weighted by Crippen LogP contribution is 2.31. The number of alkyl halides is 2. The molecule has 1 atom stereocenters. The Morgan fingerprint density at radius 3 is 2.47 bits per heavy atom. The number of ether oxygens (including phenoxy) is 1. The predicted octanol–water partition coefficient (Wildman–Crippen LogP) is 3.20. The Morgan fingerprint density at radius 2 is 1.90 bits per heavy atom. The van der Waals surface area contributed by atoms with Crippen LogP contribution in [0.1, 0.15) is 17.6 Å². The van der Waals surface area contributed by atoms with Crippen molar-refractivity contribution in [1.82, 2.24) is 9.88 Å². The van der Waals surface area contributed by atoms with Crippen LogP contribution in [0.4, 0.5) is 19.0 Å². The number of pyridine rings is 1. The Bertz CT molecular complexity index is 970. The molecule has 2 amide bonds. The van der Waals surface area contributed by atoms with E-state index in [1.54, 1.807) is 0 Å². The van der Waals surface area contributed by atoms with E-state index in [9.17, 15) is 22.8 Å². The highest BCUT2D eigenvalue weighted by Gasteiger charge is 2.47. The summed E-state index contributed by atoms with van der Waals surface area (Å²) >= 11 is 5.73. The predicted molar refractivity (Wildman–Crippen MR) is 102 cm³/mol. The summed E-state index contributed by atoms with van der Waals surface area (Å²) in [5.74, 6) is -2.19. The molecule has 2 fully saturated rings. The van der Waals surface area contributed by atoms with Crippen LogP contribution in [0, 0.1) is 11.7 Å². The molecule has 30 heavy (non-hydrogen) atoms. The van der Waals surface area contributed by atoms with E-state index in [-0.39, 0.29) is 48.6 Å². The van der Waals surface area contributed by atoms with E-state index >= 15 is 0 Å². The highest BCUT2D eigenvalue weighted by molar-refractivity contribution is 6.30. The van der Waals surface area contributed by atoms with Gasteiger partial charge in [-0.3, -0.25) is 14.5 Å². The molecule has 0 radical (unpaired) electrons. The number of nitrogens with zero attached hydrogens (tertiary/aromatic N) is 3. The van der Waals surface area contributed by atoms with Gasteiger partial charge in [-0.25, -0.2) is 18.2 Å². The summed E-state index contributed by atoms with van der Waals surface area (Å²) in [6.45, 7) is 0.257. The Morgan fingerprint density at radius 1 is 1.20 bits per heavy atom. The summed E-state index contributed by atoms with van der Waals surface area (Å²) in [6.07, 6.45) is -1.39. The summed E-state index contributed by atoms with van der Waals surface area (Å²) in [4.78, 5) is 32.5. The third-order valence-electron chi connectivity index (χ3n) is 5.21. The lowest BCUT2D eigenvalue weighted by Gasteiger charge is -2.45. The van der Waals surface area contributed by atoms with Crippen LogP contribution in [0.25, 0.3) is 0 Å². The third kappa shape index (κ3) is 3.87. The normalized spacial score (nSPS) is 20.1. The third-order valence-corrected chi connectivity index (χ3v) is 5.41. The summed E-state index contributed by atoms with van der Waals surface area (Å²) in [6, 6.07) is 5.74. The molecule has 0 saturated carbocycles. The molecule has 6 nitrogen and oxygen atoms in total. The smallest absolute Gasteiger partial charge is 0.263 e. The number of carbonyl (C=O) groups is 2. The number of piperazine rings is 1. The van der Waals surface area contributed by atoms with Crippen molar-refractivity contribution in [3.8, 4) is 0 Å². The summed E-state index contributed by atoms with van der Waals surface area (Å²) < 4.78 is 45.1. The zero-order valence-electron chi connectivity index (χ0n) is 15.6. The van der Waals surface area contributed by atoms with Gasteiger partial charge in [-0.05, 0) is 11.6 Å². The molecule has 2 aliphatic heterocycles. The lowest BCUT2D eigenvalue weighted by molar-refractivity contribution is -0.155. The van der Waals surface area contributed by atoms with Gasteiger partial charge in [-0.15, -0.1) is 0 Å². The Labute approximate surface area is 175 Å². The van der Waals surface area contributed by atoms with E-state index in [0.29, 0.717) is 5.56 Å². The number of benzene rings is 1. The lowest BCUT2D eigenvalue weighted by Crippen LogP contribution is -2.65. The van der Waals surface area contributed by atoms with Crippen LogP contribution in [-0.4, -0.2) is 47.5 Å². The first-order chi connectivity index (χ1) is 14.3. The minimum absolute atomic E-state index is 0.0691.